The number of carbonyl (C=O) groups is 2. The van der Waals surface area contributed by atoms with Gasteiger partial charge in [0.25, 0.3) is 11.6 Å². The quantitative estimate of drug-likeness (QED) is 0.259. The second kappa shape index (κ2) is 12.0. The van der Waals surface area contributed by atoms with Gasteiger partial charge in [0.2, 0.25) is 11.5 Å². The van der Waals surface area contributed by atoms with Crippen molar-refractivity contribution in [2.45, 2.75) is 24.7 Å². The van der Waals surface area contributed by atoms with E-state index < -0.39 is 87.8 Å². The van der Waals surface area contributed by atoms with Crippen LogP contribution in [0.15, 0.2) is 23.7 Å². The molecule has 29 heavy (non-hydrogen) atoms. The van der Waals surface area contributed by atoms with Crippen LogP contribution in [0, 0.1) is 27.8 Å². The molecule has 0 radical (unpaired) electrons. The summed E-state index contributed by atoms with van der Waals surface area (Å²) in [6.07, 6.45) is -23.4. The van der Waals surface area contributed by atoms with Crippen LogP contribution in [-0.2, 0) is 14.1 Å². The standard InChI is InChI=1S/2C5H2F6O2.2O.U/c2*6-4(7,8)2(12)1-3(13)5(9,10)11;;;/h2*1,12H;;;/b2*2-1-;;;. The number of aliphatic hydroxyl groups is 2. The van der Waals surface area contributed by atoms with Crippen LogP contribution in [0.25, 0.3) is 0 Å². The van der Waals surface area contributed by atoms with Gasteiger partial charge in [-0.25, -0.2) is 0 Å². The SMILES string of the molecule is O=C(/C=C(\O)C(F)(F)F)C(F)(F)F.O=C(/C=C(\O)C(F)(F)F)C(F)(F)F.[O]=[U]=[O]. The fourth-order valence-corrected chi connectivity index (χ4v) is 0.576. The van der Waals surface area contributed by atoms with Gasteiger partial charge in [-0.3, -0.25) is 9.59 Å². The van der Waals surface area contributed by atoms with Crippen LogP contribution in [0.2, 0.25) is 0 Å². The number of rotatable bonds is 2. The molecule has 0 unspecified atom stereocenters. The number of allylic oxidation sites excluding steroid dienone is 4. The molecule has 0 aromatic heterocycles. The normalized spacial score (nSPS) is 13.2. The number of ketones is 2. The number of halogens is 12. The third-order valence-electron chi connectivity index (χ3n) is 1.68. The van der Waals surface area contributed by atoms with Crippen LogP contribution in [0.3, 0.4) is 0 Å². The van der Waals surface area contributed by atoms with Gasteiger partial charge in [0.1, 0.15) is 0 Å². The van der Waals surface area contributed by atoms with Crippen molar-refractivity contribution in [2.24, 2.45) is 0 Å². The Morgan fingerprint density at radius 2 is 0.724 bits per heavy atom. The van der Waals surface area contributed by atoms with Gasteiger partial charge in [-0.2, -0.15) is 52.7 Å². The summed E-state index contributed by atoms with van der Waals surface area (Å²) < 4.78 is 153. The topological polar surface area (TPSA) is 109 Å². The van der Waals surface area contributed by atoms with Crippen LogP contribution < -0.4 is 0 Å². The molecule has 0 spiro atoms. The number of hydrogen-bond acceptors (Lipinski definition) is 6. The first-order chi connectivity index (χ1) is 12.5. The summed E-state index contributed by atoms with van der Waals surface area (Å²) in [4.78, 5) is 19.7. The molecule has 0 bridgehead atoms. The van der Waals surface area contributed by atoms with Gasteiger partial charge in [0.15, 0.2) is 0 Å². The molecule has 0 rings (SSSR count). The molecule has 0 aromatic rings. The average molecular weight is 686 g/mol. The first-order valence-corrected chi connectivity index (χ1v) is 9.09. The van der Waals surface area contributed by atoms with Gasteiger partial charge < -0.3 is 10.2 Å². The molecule has 0 aliphatic carbocycles. The summed E-state index contributed by atoms with van der Waals surface area (Å²) in [6, 6.07) is 0. The molecule has 2 N–H and O–H groups in total. The van der Waals surface area contributed by atoms with E-state index in [9.17, 15) is 62.3 Å². The second-order valence-electron chi connectivity index (χ2n) is 3.86. The van der Waals surface area contributed by atoms with E-state index >= 15 is 0 Å². The Bertz CT molecular complexity index is 609. The molecule has 0 aliphatic heterocycles. The first-order valence-electron chi connectivity index (χ1n) is 5.69. The zero-order valence-electron chi connectivity index (χ0n) is 12.7. The third kappa shape index (κ3) is 16.9. The van der Waals surface area contributed by atoms with Crippen molar-refractivity contribution < 1.29 is 105 Å². The fourth-order valence-electron chi connectivity index (χ4n) is 0.576. The predicted molar refractivity (Wildman–Crippen MR) is 57.0 cm³/mol. The van der Waals surface area contributed by atoms with Gasteiger partial charge in [-0.05, 0) is 0 Å². The summed E-state index contributed by atoms with van der Waals surface area (Å²) in [5, 5.41) is 15.9. The Balaban J connectivity index is -0.000000410. The maximum absolute atomic E-state index is 11.4. The van der Waals surface area contributed by atoms with E-state index in [0.29, 0.717) is 0 Å². The van der Waals surface area contributed by atoms with Gasteiger partial charge in [0.05, 0.1) is 0 Å². The molecule has 0 fully saturated rings. The minimum atomic E-state index is -5.42. The first kappa shape index (κ1) is 31.9. The number of hydrogen-bond donors (Lipinski definition) is 2. The Labute approximate surface area is 165 Å². The monoisotopic (exact) mass is 686 g/mol. The summed E-state index contributed by atoms with van der Waals surface area (Å²) in [7, 11) is 0. The van der Waals surface area contributed by atoms with E-state index in [4.69, 9.17) is 14.7 Å². The number of aliphatic hydroxyl groups excluding tert-OH is 2. The maximum atomic E-state index is 11.4. The van der Waals surface area contributed by atoms with Crippen molar-refractivity contribution in [2.75, 3.05) is 0 Å². The molecule has 0 atom stereocenters. The van der Waals surface area contributed by atoms with Crippen molar-refractivity contribution in [3.8, 4) is 0 Å². The Morgan fingerprint density at radius 3 is 0.828 bits per heavy atom. The summed E-state index contributed by atoms with van der Waals surface area (Å²) in [5.41, 5.74) is 0. The van der Waals surface area contributed by atoms with Crippen LogP contribution in [0.4, 0.5) is 52.7 Å². The minimum absolute atomic E-state index is 0.917. The van der Waals surface area contributed by atoms with Gasteiger partial charge >= 0.3 is 57.0 Å². The molecular weight excluding hydrogens is 682 g/mol. The predicted octanol–water partition coefficient (Wildman–Crippen LogP) is 4.01. The van der Waals surface area contributed by atoms with E-state index in [1.54, 1.807) is 0 Å². The van der Waals surface area contributed by atoms with Crippen molar-refractivity contribution in [1.82, 2.24) is 0 Å². The van der Waals surface area contributed by atoms with E-state index in [2.05, 4.69) is 0 Å². The van der Waals surface area contributed by atoms with Crippen molar-refractivity contribution >= 4 is 11.6 Å². The van der Waals surface area contributed by atoms with E-state index in [1.807, 2.05) is 0 Å². The Hall–Kier alpha value is -1.77. The molecule has 0 saturated heterocycles. The Morgan fingerprint density at radius 1 is 0.552 bits per heavy atom. The van der Waals surface area contributed by atoms with Gasteiger partial charge in [-0.15, -0.1) is 0 Å². The summed E-state index contributed by atoms with van der Waals surface area (Å²) in [6.45, 7) is 0. The molecule has 6 nitrogen and oxygen atoms in total. The molecule has 168 valence electrons. The van der Waals surface area contributed by atoms with Crippen molar-refractivity contribution in [3.05, 3.63) is 23.7 Å². The Kier molecular flexibility index (Phi) is 13.3. The van der Waals surface area contributed by atoms with Crippen LogP contribution in [-0.4, -0.2) is 46.5 Å². The zero-order valence-corrected chi connectivity index (χ0v) is 16.9. The fraction of sp³-hybridized carbons (Fsp3) is 0.400. The molecule has 0 amide bonds. The second-order valence-corrected chi connectivity index (χ2v) is 4.56. The van der Waals surface area contributed by atoms with Crippen LogP contribution in [0.5, 0.6) is 0 Å². The van der Waals surface area contributed by atoms with E-state index in [1.165, 1.54) is 0 Å². The molecular formula is C10H4F12O6U. The van der Waals surface area contributed by atoms with Gasteiger partial charge in [0, 0.05) is 12.2 Å². The third-order valence-corrected chi connectivity index (χ3v) is 1.68. The zero-order chi connectivity index (χ0) is 24.4. The van der Waals surface area contributed by atoms with Crippen LogP contribution >= 0.6 is 0 Å². The molecule has 0 saturated carbocycles. The molecule has 0 aromatic carbocycles. The van der Waals surface area contributed by atoms with Crippen LogP contribution in [0.1, 0.15) is 0 Å². The van der Waals surface area contributed by atoms with Crippen molar-refractivity contribution in [1.29, 1.82) is 0 Å². The van der Waals surface area contributed by atoms with E-state index in [-0.39, 0.29) is 0 Å². The number of carbonyl (C=O) groups excluding carboxylic acids is 2. The van der Waals surface area contributed by atoms with Crippen molar-refractivity contribution in [3.63, 3.8) is 0 Å². The van der Waals surface area contributed by atoms with E-state index in [0.717, 1.165) is 0 Å². The summed E-state index contributed by atoms with van der Waals surface area (Å²) >= 11 is -2.51. The molecule has 0 heterocycles. The summed E-state index contributed by atoms with van der Waals surface area (Å²) in [5.74, 6) is -10.7. The molecule has 19 heteroatoms. The van der Waals surface area contributed by atoms with Gasteiger partial charge in [-0.1, -0.05) is 0 Å². The molecule has 0 aliphatic rings. The average Bonchev–Trinajstić information content (AvgIpc) is 2.44. The number of alkyl halides is 12.